The molecule has 0 aliphatic rings. The van der Waals surface area contributed by atoms with Gasteiger partial charge in [-0.25, -0.2) is 23.5 Å². The van der Waals surface area contributed by atoms with Crippen molar-refractivity contribution in [1.82, 2.24) is 24.7 Å². The van der Waals surface area contributed by atoms with Gasteiger partial charge in [-0.3, -0.25) is 9.67 Å². The van der Waals surface area contributed by atoms with E-state index < -0.39 is 23.8 Å². The van der Waals surface area contributed by atoms with Gasteiger partial charge in [0.15, 0.2) is 11.6 Å². The van der Waals surface area contributed by atoms with E-state index >= 15 is 0 Å². The van der Waals surface area contributed by atoms with Crippen LogP contribution < -0.4 is 0 Å². The van der Waals surface area contributed by atoms with Gasteiger partial charge in [-0.2, -0.15) is 18.3 Å². The van der Waals surface area contributed by atoms with Crippen molar-refractivity contribution in [2.45, 2.75) is 19.6 Å². The molecular formula is C20H14F5N5O2. The average molecular weight is 451 g/mol. The van der Waals surface area contributed by atoms with E-state index in [0.717, 1.165) is 28.7 Å². The van der Waals surface area contributed by atoms with E-state index in [2.05, 4.69) is 20.1 Å². The fourth-order valence-corrected chi connectivity index (χ4v) is 2.59. The number of rotatable bonds is 3. The van der Waals surface area contributed by atoms with Crippen LogP contribution in [0.2, 0.25) is 0 Å². The Morgan fingerprint density at radius 2 is 1.62 bits per heavy atom. The van der Waals surface area contributed by atoms with E-state index in [9.17, 15) is 22.0 Å². The molecule has 4 rings (SSSR count). The first-order valence-electron chi connectivity index (χ1n) is 8.89. The fourth-order valence-electron chi connectivity index (χ4n) is 2.59. The molecule has 32 heavy (non-hydrogen) atoms. The SMILES string of the molecule is Cc1ncc(Cn2ncc3ncc(-c4ccc(F)c(F)c4)cc32)cn1.O=C(O)C(F)(F)F. The molecule has 0 atom stereocenters. The fraction of sp³-hybridized carbons (Fsp3) is 0.150. The minimum atomic E-state index is -5.08. The Morgan fingerprint density at radius 1 is 0.969 bits per heavy atom. The number of aliphatic carboxylic acids is 1. The van der Waals surface area contributed by atoms with Crippen LogP contribution in [0, 0.1) is 18.6 Å². The lowest BCUT2D eigenvalue weighted by Gasteiger charge is -2.06. The largest absolute Gasteiger partial charge is 0.490 e. The number of hydrogen-bond acceptors (Lipinski definition) is 5. The van der Waals surface area contributed by atoms with E-state index in [-0.39, 0.29) is 0 Å². The van der Waals surface area contributed by atoms with Crippen LogP contribution in [0.3, 0.4) is 0 Å². The number of benzene rings is 1. The first-order valence-corrected chi connectivity index (χ1v) is 8.89. The maximum atomic E-state index is 13.5. The van der Waals surface area contributed by atoms with Crippen LogP contribution in [0.4, 0.5) is 22.0 Å². The predicted molar refractivity (Wildman–Crippen MR) is 102 cm³/mol. The Labute approximate surface area is 177 Å². The molecular weight excluding hydrogens is 437 g/mol. The minimum Gasteiger partial charge on any atom is -0.475 e. The molecule has 1 N–H and O–H groups in total. The number of nitrogens with zero attached hydrogens (tertiary/aromatic N) is 5. The summed E-state index contributed by atoms with van der Waals surface area (Å²) in [6, 6.07) is 5.65. The van der Waals surface area contributed by atoms with Crippen molar-refractivity contribution in [3.63, 3.8) is 0 Å². The zero-order valence-corrected chi connectivity index (χ0v) is 16.3. The van der Waals surface area contributed by atoms with Crippen molar-refractivity contribution < 1.29 is 31.9 Å². The Balaban J connectivity index is 0.000000360. The van der Waals surface area contributed by atoms with Gasteiger partial charge in [-0.1, -0.05) is 6.07 Å². The summed E-state index contributed by atoms with van der Waals surface area (Å²) in [6.07, 6.45) is 1.71. The van der Waals surface area contributed by atoms with Crippen LogP contribution in [0.25, 0.3) is 22.2 Å². The smallest absolute Gasteiger partial charge is 0.475 e. The maximum Gasteiger partial charge on any atom is 0.490 e. The molecule has 0 amide bonds. The third kappa shape index (κ3) is 5.39. The number of fused-ring (bicyclic) bond motifs is 1. The molecule has 0 unspecified atom stereocenters. The van der Waals surface area contributed by atoms with Gasteiger partial charge in [0.25, 0.3) is 0 Å². The van der Waals surface area contributed by atoms with Gasteiger partial charge in [0.2, 0.25) is 0 Å². The monoisotopic (exact) mass is 451 g/mol. The van der Waals surface area contributed by atoms with Crippen molar-refractivity contribution in [2.24, 2.45) is 0 Å². The highest BCUT2D eigenvalue weighted by atomic mass is 19.4. The van der Waals surface area contributed by atoms with Gasteiger partial charge in [-0.15, -0.1) is 0 Å². The highest BCUT2D eigenvalue weighted by Gasteiger charge is 2.38. The molecule has 3 aromatic heterocycles. The van der Waals surface area contributed by atoms with Gasteiger partial charge < -0.3 is 5.11 Å². The Hall–Kier alpha value is -3.96. The highest BCUT2D eigenvalue weighted by molar-refractivity contribution is 5.80. The second-order valence-corrected chi connectivity index (χ2v) is 6.50. The molecule has 7 nitrogen and oxygen atoms in total. The number of halogens is 5. The zero-order chi connectivity index (χ0) is 23.5. The molecule has 12 heteroatoms. The molecule has 0 fully saturated rings. The summed E-state index contributed by atoms with van der Waals surface area (Å²) in [5, 5.41) is 11.5. The lowest BCUT2D eigenvalue weighted by molar-refractivity contribution is -0.192. The quantitative estimate of drug-likeness (QED) is 0.471. The summed E-state index contributed by atoms with van der Waals surface area (Å²) in [7, 11) is 0. The van der Waals surface area contributed by atoms with E-state index in [1.54, 1.807) is 29.5 Å². The second-order valence-electron chi connectivity index (χ2n) is 6.50. The molecule has 1 aromatic carbocycles. The highest BCUT2D eigenvalue weighted by Crippen LogP contribution is 2.24. The van der Waals surface area contributed by atoms with Crippen LogP contribution in [-0.4, -0.2) is 42.0 Å². The molecule has 0 spiro atoms. The summed E-state index contributed by atoms with van der Waals surface area (Å²) in [4.78, 5) is 21.6. The van der Waals surface area contributed by atoms with Crippen LogP contribution in [-0.2, 0) is 11.3 Å². The standard InChI is InChI=1S/C18H13F2N5.C2HF3O2/c1-11-21-6-12(7-22-11)10-25-18-5-14(8-23-17(18)9-24-25)13-2-3-15(19)16(20)4-13;3-2(4,5)1(6)7/h2-9H,10H2,1H3;(H,6,7). The minimum absolute atomic E-state index is 0.493. The van der Waals surface area contributed by atoms with E-state index in [0.29, 0.717) is 23.5 Å². The summed E-state index contributed by atoms with van der Waals surface area (Å²) >= 11 is 0. The summed E-state index contributed by atoms with van der Waals surface area (Å²) in [6.45, 7) is 2.32. The zero-order valence-electron chi connectivity index (χ0n) is 16.3. The van der Waals surface area contributed by atoms with E-state index in [1.165, 1.54) is 6.07 Å². The van der Waals surface area contributed by atoms with Crippen molar-refractivity contribution in [3.8, 4) is 11.1 Å². The van der Waals surface area contributed by atoms with Crippen LogP contribution >= 0.6 is 0 Å². The molecule has 0 saturated heterocycles. The number of hydrogen-bond donors (Lipinski definition) is 1. The van der Waals surface area contributed by atoms with Gasteiger partial charge in [0.05, 0.1) is 18.3 Å². The van der Waals surface area contributed by atoms with Crippen molar-refractivity contribution in [1.29, 1.82) is 0 Å². The van der Waals surface area contributed by atoms with Crippen molar-refractivity contribution in [2.75, 3.05) is 0 Å². The molecule has 166 valence electrons. The van der Waals surface area contributed by atoms with Crippen LogP contribution in [0.1, 0.15) is 11.4 Å². The topological polar surface area (TPSA) is 93.8 Å². The first kappa shape index (κ1) is 22.7. The summed E-state index contributed by atoms with van der Waals surface area (Å²) < 4.78 is 60.1. The number of carboxylic acid groups (broad SMARTS) is 1. The van der Waals surface area contributed by atoms with Gasteiger partial charge in [0.1, 0.15) is 11.3 Å². The lowest BCUT2D eigenvalue weighted by atomic mass is 10.1. The van der Waals surface area contributed by atoms with Crippen LogP contribution in [0.5, 0.6) is 0 Å². The maximum absolute atomic E-state index is 13.5. The number of alkyl halides is 3. The Kier molecular flexibility index (Phi) is 6.42. The number of aromatic nitrogens is 5. The summed E-state index contributed by atoms with van der Waals surface area (Å²) in [5.41, 5.74) is 3.67. The van der Waals surface area contributed by atoms with Crippen molar-refractivity contribution in [3.05, 3.63) is 72.1 Å². The molecule has 0 aliphatic carbocycles. The molecule has 0 aliphatic heterocycles. The lowest BCUT2D eigenvalue weighted by Crippen LogP contribution is -2.21. The average Bonchev–Trinajstić information content (AvgIpc) is 3.13. The third-order valence-electron chi connectivity index (χ3n) is 4.16. The first-order chi connectivity index (χ1) is 15.0. The Morgan fingerprint density at radius 3 is 2.22 bits per heavy atom. The van der Waals surface area contributed by atoms with Gasteiger partial charge in [-0.05, 0) is 30.7 Å². The molecule has 0 bridgehead atoms. The number of carboxylic acids is 1. The molecule has 3 heterocycles. The molecule has 0 radical (unpaired) electrons. The second kappa shape index (κ2) is 9.04. The van der Waals surface area contributed by atoms with Crippen molar-refractivity contribution >= 4 is 17.0 Å². The van der Waals surface area contributed by atoms with E-state index in [1.807, 2.05) is 13.0 Å². The number of aryl methyl sites for hydroxylation is 1. The molecule has 4 aromatic rings. The predicted octanol–water partition coefficient (Wildman–Crippen LogP) is 4.16. The molecule has 0 saturated carbocycles. The third-order valence-corrected chi connectivity index (χ3v) is 4.16. The summed E-state index contributed by atoms with van der Waals surface area (Å²) in [5.74, 6) is -3.81. The van der Waals surface area contributed by atoms with Gasteiger partial charge >= 0.3 is 12.1 Å². The van der Waals surface area contributed by atoms with Crippen LogP contribution in [0.15, 0.2) is 49.1 Å². The van der Waals surface area contributed by atoms with Gasteiger partial charge in [0, 0.05) is 29.7 Å². The van der Waals surface area contributed by atoms with E-state index in [4.69, 9.17) is 9.90 Å². The normalized spacial score (nSPS) is 11.2. The number of carbonyl (C=O) groups is 1. The number of pyridine rings is 1. The Bertz CT molecular complexity index is 1260.